The monoisotopic (exact) mass is 425 g/mol. The van der Waals surface area contributed by atoms with E-state index in [-0.39, 0.29) is 11.8 Å². The van der Waals surface area contributed by atoms with E-state index in [9.17, 15) is 5.11 Å². The average molecular weight is 426 g/mol. The van der Waals surface area contributed by atoms with E-state index in [4.69, 9.17) is 9.72 Å². The van der Waals surface area contributed by atoms with Gasteiger partial charge >= 0.3 is 0 Å². The summed E-state index contributed by atoms with van der Waals surface area (Å²) >= 11 is 0. The summed E-state index contributed by atoms with van der Waals surface area (Å²) in [6, 6.07) is 7.48. The Morgan fingerprint density at radius 1 is 1.06 bits per heavy atom. The number of aromatic nitrogens is 4. The first-order valence-electron chi connectivity index (χ1n) is 10.9. The van der Waals surface area contributed by atoms with Crippen LogP contribution in [-0.2, 0) is 11.2 Å². The molecule has 3 aromatic rings. The zero-order chi connectivity index (χ0) is 21.6. The van der Waals surface area contributed by atoms with Gasteiger partial charge in [-0.1, -0.05) is 12.1 Å². The van der Waals surface area contributed by atoms with Gasteiger partial charge in [-0.15, -0.1) is 0 Å². The van der Waals surface area contributed by atoms with Crippen molar-refractivity contribution in [1.29, 1.82) is 0 Å². The van der Waals surface area contributed by atoms with E-state index in [2.05, 4.69) is 43.9 Å². The first-order valence-corrected chi connectivity index (χ1v) is 10.9. The number of ether oxygens (including phenoxy) is 1. The molecule has 0 atom stereocenters. The minimum absolute atomic E-state index is 0.218. The van der Waals surface area contributed by atoms with Crippen LogP contribution in [0.25, 0.3) is 11.2 Å². The molecule has 4 rings (SSSR count). The molecule has 3 heterocycles. The van der Waals surface area contributed by atoms with Crippen LogP contribution in [0, 0.1) is 0 Å². The molecule has 0 spiro atoms. The molecule has 1 aliphatic heterocycles. The molecule has 1 aliphatic rings. The maximum atomic E-state index is 9.43. The van der Waals surface area contributed by atoms with Crippen LogP contribution in [0.15, 0.2) is 30.6 Å². The van der Waals surface area contributed by atoms with Crippen molar-refractivity contribution >= 4 is 22.9 Å². The molecule has 9 heteroatoms. The smallest absolute Gasteiger partial charge is 0.205 e. The van der Waals surface area contributed by atoms with E-state index in [0.29, 0.717) is 6.54 Å². The van der Waals surface area contributed by atoms with Gasteiger partial charge in [0.15, 0.2) is 17.0 Å². The number of nitrogens with one attached hydrogen (secondary N) is 2. The number of aromatic hydroxyl groups is 1. The number of benzene rings is 1. The maximum absolute atomic E-state index is 9.43. The molecule has 1 saturated heterocycles. The van der Waals surface area contributed by atoms with Crippen molar-refractivity contribution in [3.05, 3.63) is 36.2 Å². The lowest BCUT2D eigenvalue weighted by Crippen LogP contribution is -2.39. The zero-order valence-corrected chi connectivity index (χ0v) is 18.2. The topological polar surface area (TPSA) is 100 Å². The van der Waals surface area contributed by atoms with E-state index in [1.54, 1.807) is 18.5 Å². The number of phenols is 1. The van der Waals surface area contributed by atoms with Crippen molar-refractivity contribution < 1.29 is 9.84 Å². The molecule has 1 aromatic carbocycles. The van der Waals surface area contributed by atoms with Crippen LogP contribution in [0.1, 0.15) is 25.5 Å². The van der Waals surface area contributed by atoms with Crippen molar-refractivity contribution in [2.75, 3.05) is 56.6 Å². The molecule has 166 valence electrons. The highest BCUT2D eigenvalue weighted by Gasteiger charge is 2.18. The summed E-state index contributed by atoms with van der Waals surface area (Å²) in [7, 11) is 0. The number of imidazole rings is 1. The first-order chi connectivity index (χ1) is 15.1. The molecule has 9 nitrogen and oxygen atoms in total. The van der Waals surface area contributed by atoms with Crippen molar-refractivity contribution in [2.24, 2.45) is 0 Å². The fourth-order valence-electron chi connectivity index (χ4n) is 3.79. The van der Waals surface area contributed by atoms with Crippen LogP contribution in [-0.4, -0.2) is 75.5 Å². The molecule has 0 radical (unpaired) electrons. The van der Waals surface area contributed by atoms with Crippen LogP contribution in [0.4, 0.5) is 11.8 Å². The van der Waals surface area contributed by atoms with Crippen LogP contribution >= 0.6 is 0 Å². The number of nitrogens with zero attached hydrogens (tertiary/aromatic N) is 5. The minimum Gasteiger partial charge on any atom is -0.508 e. The third-order valence-corrected chi connectivity index (χ3v) is 5.45. The van der Waals surface area contributed by atoms with E-state index in [1.165, 1.54) is 0 Å². The second-order valence-corrected chi connectivity index (χ2v) is 8.02. The quantitative estimate of drug-likeness (QED) is 0.481. The molecule has 0 saturated carbocycles. The third-order valence-electron chi connectivity index (χ3n) is 5.45. The van der Waals surface area contributed by atoms with E-state index >= 15 is 0 Å². The van der Waals surface area contributed by atoms with Crippen LogP contribution < -0.4 is 10.6 Å². The predicted octanol–water partition coefficient (Wildman–Crippen LogP) is 2.51. The van der Waals surface area contributed by atoms with Gasteiger partial charge in [0.05, 0.1) is 13.2 Å². The number of phenolic OH excluding ortho intramolecular Hbond substituents is 1. The van der Waals surface area contributed by atoms with E-state index in [0.717, 1.165) is 74.3 Å². The molecule has 0 amide bonds. The van der Waals surface area contributed by atoms with Gasteiger partial charge in [-0.2, -0.15) is 0 Å². The Labute approximate surface area is 182 Å². The zero-order valence-electron chi connectivity index (χ0n) is 18.2. The molecule has 0 aliphatic carbocycles. The summed E-state index contributed by atoms with van der Waals surface area (Å²) in [5, 5.41) is 16.3. The molecule has 0 bridgehead atoms. The Balaban J connectivity index is 1.45. The van der Waals surface area contributed by atoms with Gasteiger partial charge in [-0.3, -0.25) is 9.47 Å². The standard InChI is InChI=1S/C22H31N7O2/c1-16(2)29-21-19(27-22(29)24-9-10-28-11-13-31-14-12-28)20(25-15-26-21)23-8-7-17-3-5-18(30)6-4-17/h3-6,15-16,30H,7-14H2,1-2H3,(H,24,27)(H,23,25,26). The Morgan fingerprint density at radius 3 is 2.58 bits per heavy atom. The Kier molecular flexibility index (Phi) is 6.83. The van der Waals surface area contributed by atoms with Crippen molar-refractivity contribution in [1.82, 2.24) is 24.4 Å². The maximum Gasteiger partial charge on any atom is 0.205 e. The normalized spacial score (nSPS) is 14.9. The number of morpholine rings is 1. The fourth-order valence-corrected chi connectivity index (χ4v) is 3.79. The fraction of sp³-hybridized carbons (Fsp3) is 0.500. The Morgan fingerprint density at radius 2 is 1.84 bits per heavy atom. The summed E-state index contributed by atoms with van der Waals surface area (Å²) in [4.78, 5) is 16.2. The predicted molar refractivity (Wildman–Crippen MR) is 122 cm³/mol. The molecule has 1 fully saturated rings. The molecule has 31 heavy (non-hydrogen) atoms. The first kappa shape index (κ1) is 21.3. The second-order valence-electron chi connectivity index (χ2n) is 8.02. The van der Waals surface area contributed by atoms with E-state index < -0.39 is 0 Å². The lowest BCUT2D eigenvalue weighted by Gasteiger charge is -2.26. The number of hydrogen-bond donors (Lipinski definition) is 3. The van der Waals surface area contributed by atoms with Gasteiger partial charge in [0.25, 0.3) is 0 Å². The Hall–Kier alpha value is -2.91. The van der Waals surface area contributed by atoms with Gasteiger partial charge in [-0.25, -0.2) is 15.0 Å². The molecule has 3 N–H and O–H groups in total. The molecular weight excluding hydrogens is 394 g/mol. The summed E-state index contributed by atoms with van der Waals surface area (Å²) in [6.07, 6.45) is 2.41. The lowest BCUT2D eigenvalue weighted by atomic mass is 10.1. The van der Waals surface area contributed by atoms with Crippen LogP contribution in [0.2, 0.25) is 0 Å². The SMILES string of the molecule is CC(C)n1c(NCCN2CCOCC2)nc2c(NCCc3ccc(O)cc3)ncnc21. The number of fused-ring (bicyclic) bond motifs is 1. The summed E-state index contributed by atoms with van der Waals surface area (Å²) in [5.74, 6) is 1.84. The van der Waals surface area contributed by atoms with Crippen molar-refractivity contribution in [3.63, 3.8) is 0 Å². The van der Waals surface area contributed by atoms with Crippen LogP contribution in [0.5, 0.6) is 5.75 Å². The lowest BCUT2D eigenvalue weighted by molar-refractivity contribution is 0.0398. The third kappa shape index (κ3) is 5.23. The highest BCUT2D eigenvalue weighted by atomic mass is 16.5. The largest absolute Gasteiger partial charge is 0.508 e. The van der Waals surface area contributed by atoms with Gasteiger partial charge in [-0.05, 0) is 38.0 Å². The Bertz CT molecular complexity index is 981. The van der Waals surface area contributed by atoms with Crippen molar-refractivity contribution in [2.45, 2.75) is 26.3 Å². The minimum atomic E-state index is 0.218. The number of anilines is 2. The summed E-state index contributed by atoms with van der Waals surface area (Å²) in [6.45, 7) is 10.3. The van der Waals surface area contributed by atoms with Gasteiger partial charge in [0, 0.05) is 38.8 Å². The van der Waals surface area contributed by atoms with Gasteiger partial charge in [0.1, 0.15) is 12.1 Å². The molecular formula is C22H31N7O2. The van der Waals surface area contributed by atoms with Crippen LogP contribution in [0.3, 0.4) is 0 Å². The highest BCUT2D eigenvalue weighted by Crippen LogP contribution is 2.26. The summed E-state index contributed by atoms with van der Waals surface area (Å²) in [5.41, 5.74) is 2.75. The van der Waals surface area contributed by atoms with Gasteiger partial charge in [0.2, 0.25) is 5.95 Å². The molecule has 0 unspecified atom stereocenters. The number of rotatable bonds is 9. The number of hydrogen-bond acceptors (Lipinski definition) is 8. The average Bonchev–Trinajstić information content (AvgIpc) is 3.15. The second kappa shape index (κ2) is 9.93. The van der Waals surface area contributed by atoms with E-state index in [1.807, 2.05) is 12.1 Å². The summed E-state index contributed by atoms with van der Waals surface area (Å²) < 4.78 is 7.55. The van der Waals surface area contributed by atoms with Gasteiger partial charge < -0.3 is 20.5 Å². The highest BCUT2D eigenvalue weighted by molar-refractivity contribution is 5.85. The molecule has 2 aromatic heterocycles. The van der Waals surface area contributed by atoms with Crippen molar-refractivity contribution in [3.8, 4) is 5.75 Å².